The van der Waals surface area contributed by atoms with E-state index in [2.05, 4.69) is 27.0 Å². The number of thiazole rings is 1. The van der Waals surface area contributed by atoms with E-state index in [-0.39, 0.29) is 0 Å². The summed E-state index contributed by atoms with van der Waals surface area (Å²) >= 11 is 12.4. The van der Waals surface area contributed by atoms with Crippen molar-refractivity contribution in [2.45, 2.75) is 5.88 Å². The predicted octanol–water partition coefficient (Wildman–Crippen LogP) is 4.37. The van der Waals surface area contributed by atoms with Crippen LogP contribution in [0.4, 0.5) is 0 Å². The van der Waals surface area contributed by atoms with Crippen molar-refractivity contribution in [2.75, 3.05) is 0 Å². The molecule has 2 heterocycles. The standard InChI is InChI=1S/C8H5BrClNS2/c9-7-2-1-6(13-7)8-11-5(3-10)4-12-8/h1-2,4H,3H2. The Bertz CT molecular complexity index is 410. The molecule has 1 nitrogen and oxygen atoms in total. The Morgan fingerprint density at radius 1 is 1.46 bits per heavy atom. The van der Waals surface area contributed by atoms with Crippen LogP contribution in [0, 0.1) is 0 Å². The molecule has 2 aromatic rings. The zero-order valence-corrected chi connectivity index (χ0v) is 10.4. The molecule has 0 aliphatic rings. The maximum Gasteiger partial charge on any atom is 0.133 e. The maximum atomic E-state index is 5.67. The molecule has 0 aliphatic carbocycles. The van der Waals surface area contributed by atoms with Gasteiger partial charge in [-0.05, 0) is 28.1 Å². The van der Waals surface area contributed by atoms with Crippen molar-refractivity contribution in [3.05, 3.63) is 27.0 Å². The van der Waals surface area contributed by atoms with Gasteiger partial charge in [0.1, 0.15) is 5.01 Å². The summed E-state index contributed by atoms with van der Waals surface area (Å²) in [6.07, 6.45) is 0. The fourth-order valence-corrected chi connectivity index (χ4v) is 3.42. The van der Waals surface area contributed by atoms with Gasteiger partial charge in [-0.2, -0.15) is 0 Å². The Kier molecular flexibility index (Phi) is 3.03. The third-order valence-corrected chi connectivity index (χ3v) is 4.43. The Morgan fingerprint density at radius 3 is 2.85 bits per heavy atom. The number of hydrogen-bond acceptors (Lipinski definition) is 3. The Hall–Kier alpha value is 0.1000. The van der Waals surface area contributed by atoms with E-state index >= 15 is 0 Å². The minimum atomic E-state index is 0.489. The molecule has 0 bridgehead atoms. The van der Waals surface area contributed by atoms with Gasteiger partial charge in [-0.25, -0.2) is 4.98 Å². The highest BCUT2D eigenvalue weighted by molar-refractivity contribution is 9.11. The monoisotopic (exact) mass is 293 g/mol. The molecule has 0 aromatic carbocycles. The van der Waals surface area contributed by atoms with Gasteiger partial charge in [0, 0.05) is 5.38 Å². The molecule has 0 aliphatic heterocycles. The second kappa shape index (κ2) is 4.09. The molecule has 0 amide bonds. The molecule has 0 saturated heterocycles. The van der Waals surface area contributed by atoms with Crippen LogP contribution in [0.25, 0.3) is 9.88 Å². The number of aromatic nitrogens is 1. The lowest BCUT2D eigenvalue weighted by Gasteiger charge is -1.86. The first-order chi connectivity index (χ1) is 6.29. The van der Waals surface area contributed by atoms with Crippen LogP contribution in [-0.4, -0.2) is 4.98 Å². The van der Waals surface area contributed by atoms with E-state index in [1.54, 1.807) is 22.7 Å². The van der Waals surface area contributed by atoms with E-state index in [4.69, 9.17) is 11.6 Å². The number of rotatable bonds is 2. The molecule has 68 valence electrons. The number of nitrogens with zero attached hydrogens (tertiary/aromatic N) is 1. The quantitative estimate of drug-likeness (QED) is 0.749. The van der Waals surface area contributed by atoms with E-state index < -0.39 is 0 Å². The second-order valence-corrected chi connectivity index (χ2v) is 5.97. The first-order valence-electron chi connectivity index (χ1n) is 3.55. The third-order valence-electron chi connectivity index (χ3n) is 1.47. The number of thiophene rings is 1. The molecule has 5 heteroatoms. The molecule has 13 heavy (non-hydrogen) atoms. The Balaban J connectivity index is 2.35. The molecule has 0 spiro atoms. The van der Waals surface area contributed by atoms with Crippen LogP contribution in [0.2, 0.25) is 0 Å². The Morgan fingerprint density at radius 2 is 2.31 bits per heavy atom. The van der Waals surface area contributed by atoms with Crippen molar-refractivity contribution >= 4 is 50.2 Å². The smallest absolute Gasteiger partial charge is 0.133 e. The second-order valence-electron chi connectivity index (χ2n) is 2.38. The van der Waals surface area contributed by atoms with Crippen LogP contribution in [0.15, 0.2) is 21.3 Å². The largest absolute Gasteiger partial charge is 0.239 e. The maximum absolute atomic E-state index is 5.67. The SMILES string of the molecule is ClCc1csc(-c2ccc(Br)s2)n1. The fraction of sp³-hybridized carbons (Fsp3) is 0.125. The Labute approximate surface area is 97.5 Å². The summed E-state index contributed by atoms with van der Waals surface area (Å²) in [5, 5.41) is 3.04. The van der Waals surface area contributed by atoms with Gasteiger partial charge in [-0.3, -0.25) is 0 Å². The van der Waals surface area contributed by atoms with Gasteiger partial charge in [0.25, 0.3) is 0 Å². The van der Waals surface area contributed by atoms with Crippen LogP contribution in [0.3, 0.4) is 0 Å². The normalized spacial score (nSPS) is 10.6. The number of hydrogen-bond donors (Lipinski definition) is 0. The lowest BCUT2D eigenvalue weighted by Crippen LogP contribution is -1.75. The van der Waals surface area contributed by atoms with E-state index in [9.17, 15) is 0 Å². The highest BCUT2D eigenvalue weighted by Gasteiger charge is 2.05. The third kappa shape index (κ3) is 2.13. The first kappa shape index (κ1) is 9.65. The van der Waals surface area contributed by atoms with Gasteiger partial charge < -0.3 is 0 Å². The molecule has 0 fully saturated rings. The topological polar surface area (TPSA) is 12.9 Å². The van der Waals surface area contributed by atoms with Gasteiger partial charge in [0.05, 0.1) is 20.2 Å². The van der Waals surface area contributed by atoms with E-state index in [1.165, 1.54) is 4.88 Å². The van der Waals surface area contributed by atoms with Gasteiger partial charge in [-0.15, -0.1) is 34.3 Å². The molecular weight excluding hydrogens is 290 g/mol. The lowest BCUT2D eigenvalue weighted by atomic mass is 10.5. The highest BCUT2D eigenvalue weighted by atomic mass is 79.9. The first-order valence-corrected chi connectivity index (χ1v) is 6.58. The summed E-state index contributed by atoms with van der Waals surface area (Å²) in [6.45, 7) is 0. The molecule has 0 unspecified atom stereocenters. The molecule has 0 N–H and O–H groups in total. The van der Waals surface area contributed by atoms with Crippen LogP contribution in [-0.2, 0) is 5.88 Å². The molecule has 0 saturated carbocycles. The van der Waals surface area contributed by atoms with Crippen molar-refractivity contribution in [3.63, 3.8) is 0 Å². The zero-order chi connectivity index (χ0) is 9.26. The summed E-state index contributed by atoms with van der Waals surface area (Å²) in [7, 11) is 0. The average molecular weight is 295 g/mol. The van der Waals surface area contributed by atoms with Gasteiger partial charge in [0.15, 0.2) is 0 Å². The number of halogens is 2. The van der Waals surface area contributed by atoms with Crippen LogP contribution >= 0.6 is 50.2 Å². The van der Waals surface area contributed by atoms with Crippen molar-refractivity contribution in [3.8, 4) is 9.88 Å². The molecular formula is C8H5BrClNS2. The van der Waals surface area contributed by atoms with Crippen molar-refractivity contribution in [1.29, 1.82) is 0 Å². The fourth-order valence-electron chi connectivity index (χ4n) is 0.911. The summed E-state index contributed by atoms with van der Waals surface area (Å²) in [6, 6.07) is 4.09. The van der Waals surface area contributed by atoms with E-state index in [0.717, 1.165) is 14.5 Å². The summed E-state index contributed by atoms with van der Waals surface area (Å²) in [4.78, 5) is 5.58. The van der Waals surface area contributed by atoms with E-state index in [0.29, 0.717) is 5.88 Å². The lowest BCUT2D eigenvalue weighted by molar-refractivity contribution is 1.23. The minimum Gasteiger partial charge on any atom is -0.239 e. The minimum absolute atomic E-state index is 0.489. The van der Waals surface area contributed by atoms with Crippen LogP contribution in [0.1, 0.15) is 5.69 Å². The molecule has 0 atom stereocenters. The average Bonchev–Trinajstić information content (AvgIpc) is 2.71. The van der Waals surface area contributed by atoms with Crippen molar-refractivity contribution < 1.29 is 0 Å². The van der Waals surface area contributed by atoms with Crippen LogP contribution in [0.5, 0.6) is 0 Å². The molecule has 2 aromatic heterocycles. The van der Waals surface area contributed by atoms with Gasteiger partial charge >= 0.3 is 0 Å². The molecule has 2 rings (SSSR count). The predicted molar refractivity (Wildman–Crippen MR) is 62.7 cm³/mol. The van der Waals surface area contributed by atoms with Gasteiger partial charge in [0.2, 0.25) is 0 Å². The highest BCUT2D eigenvalue weighted by Crippen LogP contribution is 2.33. The number of alkyl halides is 1. The summed E-state index contributed by atoms with van der Waals surface area (Å²) in [5.41, 5.74) is 0.950. The van der Waals surface area contributed by atoms with Crippen molar-refractivity contribution in [1.82, 2.24) is 4.98 Å². The molecule has 0 radical (unpaired) electrons. The van der Waals surface area contributed by atoms with Gasteiger partial charge in [-0.1, -0.05) is 0 Å². The van der Waals surface area contributed by atoms with Crippen molar-refractivity contribution in [2.24, 2.45) is 0 Å². The van der Waals surface area contributed by atoms with E-state index in [1.807, 2.05) is 11.4 Å². The van der Waals surface area contributed by atoms with Crippen LogP contribution < -0.4 is 0 Å². The zero-order valence-electron chi connectivity index (χ0n) is 6.46. The summed E-state index contributed by atoms with van der Waals surface area (Å²) in [5.74, 6) is 0.489. The summed E-state index contributed by atoms with van der Waals surface area (Å²) < 4.78 is 1.13.